The minimum atomic E-state index is 0.298. The van der Waals surface area contributed by atoms with Gasteiger partial charge >= 0.3 is 0 Å². The number of nitrogens with zero attached hydrogens (tertiary/aromatic N) is 1. The highest BCUT2D eigenvalue weighted by Gasteiger charge is 2.11. The molecule has 0 aliphatic rings. The van der Waals surface area contributed by atoms with Crippen molar-refractivity contribution in [1.82, 2.24) is 4.98 Å². The van der Waals surface area contributed by atoms with Gasteiger partial charge in [-0.2, -0.15) is 0 Å². The number of anilines is 1. The lowest BCUT2D eigenvalue weighted by atomic mass is 10.1. The molecule has 2 N–H and O–H groups in total. The van der Waals surface area contributed by atoms with Gasteiger partial charge < -0.3 is 10.5 Å². The molecule has 0 saturated heterocycles. The van der Waals surface area contributed by atoms with E-state index in [-0.39, 0.29) is 0 Å². The zero-order chi connectivity index (χ0) is 10.0. The molecule has 1 aromatic rings. The number of halogens is 1. The summed E-state index contributed by atoms with van der Waals surface area (Å²) in [6.07, 6.45) is 0. The van der Waals surface area contributed by atoms with E-state index in [9.17, 15) is 0 Å². The predicted molar refractivity (Wildman–Crippen MR) is 57.0 cm³/mol. The molecule has 0 aliphatic carbocycles. The van der Waals surface area contributed by atoms with Gasteiger partial charge in [-0.1, -0.05) is 13.8 Å². The first-order valence-corrected chi connectivity index (χ1v) is 4.85. The molecular formula is C9H13BrN2O. The summed E-state index contributed by atoms with van der Waals surface area (Å²) in [6.45, 7) is 4.09. The highest BCUT2D eigenvalue weighted by Crippen LogP contribution is 2.31. The Morgan fingerprint density at radius 1 is 1.54 bits per heavy atom. The maximum absolute atomic E-state index is 5.86. The lowest BCUT2D eigenvalue weighted by molar-refractivity contribution is 0.415. The van der Waals surface area contributed by atoms with Crippen LogP contribution in [0.1, 0.15) is 25.5 Å². The summed E-state index contributed by atoms with van der Waals surface area (Å²) in [7, 11) is 1.60. The van der Waals surface area contributed by atoms with Crippen LogP contribution in [0.15, 0.2) is 10.7 Å². The number of nitrogen functional groups attached to an aromatic ring is 1. The topological polar surface area (TPSA) is 48.1 Å². The highest BCUT2D eigenvalue weighted by molar-refractivity contribution is 9.10. The second kappa shape index (κ2) is 3.96. The molecule has 0 spiro atoms. The van der Waals surface area contributed by atoms with Crippen LogP contribution >= 0.6 is 15.9 Å². The van der Waals surface area contributed by atoms with Crippen molar-refractivity contribution < 1.29 is 4.74 Å². The average molecular weight is 245 g/mol. The fourth-order valence-corrected chi connectivity index (χ4v) is 1.53. The van der Waals surface area contributed by atoms with Crippen LogP contribution in [-0.2, 0) is 0 Å². The number of aromatic nitrogens is 1. The molecule has 1 rings (SSSR count). The maximum Gasteiger partial charge on any atom is 0.146 e. The number of hydrogen-bond acceptors (Lipinski definition) is 3. The fraction of sp³-hybridized carbons (Fsp3) is 0.444. The van der Waals surface area contributed by atoms with Crippen LogP contribution in [0.25, 0.3) is 0 Å². The molecule has 13 heavy (non-hydrogen) atoms. The van der Waals surface area contributed by atoms with Gasteiger partial charge in [0.25, 0.3) is 0 Å². The van der Waals surface area contributed by atoms with Gasteiger partial charge in [0.05, 0.1) is 18.5 Å². The molecule has 0 bridgehead atoms. The summed E-state index contributed by atoms with van der Waals surface area (Å²) < 4.78 is 5.87. The largest absolute Gasteiger partial charge is 0.494 e. The van der Waals surface area contributed by atoms with E-state index in [1.165, 1.54) is 0 Å². The Balaban J connectivity index is 3.27. The van der Waals surface area contributed by atoms with E-state index in [2.05, 4.69) is 20.9 Å². The van der Waals surface area contributed by atoms with Gasteiger partial charge in [0.15, 0.2) is 0 Å². The minimum absolute atomic E-state index is 0.298. The summed E-state index contributed by atoms with van der Waals surface area (Å²) in [5.41, 5.74) is 7.35. The van der Waals surface area contributed by atoms with E-state index in [0.29, 0.717) is 17.4 Å². The summed E-state index contributed by atoms with van der Waals surface area (Å²) in [5, 5.41) is 0. The number of pyridine rings is 1. The quantitative estimate of drug-likeness (QED) is 0.814. The van der Waals surface area contributed by atoms with Gasteiger partial charge in [-0.05, 0) is 21.8 Å². The number of nitrogens with two attached hydrogens (primary N) is 1. The summed E-state index contributed by atoms with van der Waals surface area (Å²) >= 11 is 3.31. The van der Waals surface area contributed by atoms with Crippen molar-refractivity contribution in [3.63, 3.8) is 0 Å². The fourth-order valence-electron chi connectivity index (χ4n) is 1.13. The number of methoxy groups -OCH3 is 1. The van der Waals surface area contributed by atoms with E-state index in [1.54, 1.807) is 13.2 Å². The Bertz CT molecular complexity index is 313. The van der Waals surface area contributed by atoms with Crippen molar-refractivity contribution in [2.24, 2.45) is 0 Å². The number of rotatable bonds is 2. The van der Waals surface area contributed by atoms with Gasteiger partial charge in [0.1, 0.15) is 10.4 Å². The second-order valence-corrected chi connectivity index (χ2v) is 3.91. The van der Waals surface area contributed by atoms with Crippen molar-refractivity contribution in [1.29, 1.82) is 0 Å². The van der Waals surface area contributed by atoms with Gasteiger partial charge in [0.2, 0.25) is 0 Å². The van der Waals surface area contributed by atoms with Crippen LogP contribution in [0.2, 0.25) is 0 Å². The molecule has 0 unspecified atom stereocenters. The molecule has 0 aliphatic heterocycles. The maximum atomic E-state index is 5.86. The van der Waals surface area contributed by atoms with Crippen LogP contribution in [0.5, 0.6) is 5.75 Å². The number of ether oxygens (including phenoxy) is 1. The van der Waals surface area contributed by atoms with Crippen LogP contribution in [0.4, 0.5) is 5.69 Å². The Kier molecular flexibility index (Phi) is 3.14. The van der Waals surface area contributed by atoms with E-state index < -0.39 is 0 Å². The summed E-state index contributed by atoms with van der Waals surface area (Å²) in [6, 6.07) is 1.77. The Morgan fingerprint density at radius 3 is 2.62 bits per heavy atom. The second-order valence-electron chi connectivity index (χ2n) is 3.10. The molecule has 1 aromatic heterocycles. The normalized spacial score (nSPS) is 10.5. The molecule has 4 heteroatoms. The first kappa shape index (κ1) is 10.3. The Morgan fingerprint density at radius 2 is 2.15 bits per heavy atom. The van der Waals surface area contributed by atoms with E-state index in [0.717, 1.165) is 10.3 Å². The zero-order valence-electron chi connectivity index (χ0n) is 7.97. The molecule has 0 saturated carbocycles. The third kappa shape index (κ3) is 2.12. The molecule has 0 fully saturated rings. The monoisotopic (exact) mass is 244 g/mol. The van der Waals surface area contributed by atoms with Crippen LogP contribution in [0, 0.1) is 0 Å². The van der Waals surface area contributed by atoms with Gasteiger partial charge in [-0.3, -0.25) is 0 Å². The lowest BCUT2D eigenvalue weighted by Crippen LogP contribution is -2.03. The minimum Gasteiger partial charge on any atom is -0.494 e. The van der Waals surface area contributed by atoms with Crippen molar-refractivity contribution in [3.8, 4) is 5.75 Å². The van der Waals surface area contributed by atoms with Crippen molar-refractivity contribution in [2.75, 3.05) is 12.8 Å². The SMILES string of the molecule is COc1cc(Br)nc(C(C)C)c1N. The van der Waals surface area contributed by atoms with Gasteiger partial charge in [-0.25, -0.2) is 4.98 Å². The standard InChI is InChI=1S/C9H13BrN2O/c1-5(2)9-8(11)6(13-3)4-7(10)12-9/h4-5H,11H2,1-3H3. The summed E-state index contributed by atoms with van der Waals surface area (Å²) in [5.74, 6) is 0.969. The smallest absolute Gasteiger partial charge is 0.146 e. The molecule has 0 atom stereocenters. The molecule has 72 valence electrons. The molecule has 1 heterocycles. The van der Waals surface area contributed by atoms with Crippen LogP contribution in [0.3, 0.4) is 0 Å². The summed E-state index contributed by atoms with van der Waals surface area (Å²) in [4.78, 5) is 4.29. The lowest BCUT2D eigenvalue weighted by Gasteiger charge is -2.12. The first-order chi connectivity index (χ1) is 6.06. The average Bonchev–Trinajstić information content (AvgIpc) is 2.08. The molecule has 0 aromatic carbocycles. The molecule has 0 radical (unpaired) electrons. The van der Waals surface area contributed by atoms with E-state index in [1.807, 2.05) is 13.8 Å². The van der Waals surface area contributed by atoms with Gasteiger partial charge in [-0.15, -0.1) is 0 Å². The molecular weight excluding hydrogens is 232 g/mol. The van der Waals surface area contributed by atoms with Crippen molar-refractivity contribution >= 4 is 21.6 Å². The van der Waals surface area contributed by atoms with E-state index in [4.69, 9.17) is 10.5 Å². The Hall–Kier alpha value is -0.770. The van der Waals surface area contributed by atoms with Crippen LogP contribution < -0.4 is 10.5 Å². The van der Waals surface area contributed by atoms with Gasteiger partial charge in [0, 0.05) is 6.07 Å². The highest BCUT2D eigenvalue weighted by atomic mass is 79.9. The first-order valence-electron chi connectivity index (χ1n) is 4.06. The van der Waals surface area contributed by atoms with E-state index >= 15 is 0 Å². The zero-order valence-corrected chi connectivity index (χ0v) is 9.55. The van der Waals surface area contributed by atoms with Crippen LogP contribution in [-0.4, -0.2) is 12.1 Å². The van der Waals surface area contributed by atoms with Crippen molar-refractivity contribution in [3.05, 3.63) is 16.4 Å². The Labute approximate surface area is 86.4 Å². The predicted octanol–water partition coefficient (Wildman–Crippen LogP) is 2.56. The number of hydrogen-bond donors (Lipinski definition) is 1. The third-order valence-electron chi connectivity index (χ3n) is 1.79. The van der Waals surface area contributed by atoms with Crippen molar-refractivity contribution in [2.45, 2.75) is 19.8 Å². The molecule has 0 amide bonds. The third-order valence-corrected chi connectivity index (χ3v) is 2.19. The molecule has 3 nitrogen and oxygen atoms in total.